The van der Waals surface area contributed by atoms with Crippen LogP contribution in [0.15, 0.2) is 39.2 Å². The summed E-state index contributed by atoms with van der Waals surface area (Å²) in [4.78, 5) is 11.0. The Morgan fingerprint density at radius 1 is 1.45 bits per heavy atom. The highest BCUT2D eigenvalue weighted by atomic mass is 79.9. The predicted molar refractivity (Wildman–Crippen MR) is 79.8 cm³/mol. The highest BCUT2D eigenvalue weighted by molar-refractivity contribution is 9.10. The average Bonchev–Trinajstić information content (AvgIpc) is 2.78. The minimum Gasteiger partial charge on any atom is -0.478 e. The third-order valence-electron chi connectivity index (χ3n) is 3.15. The second-order valence-corrected chi connectivity index (χ2v) is 5.47. The standard InChI is InChI=1S/C15H16BrNO3/c1-9(12-5-3-4-6-14(12)16)17-8-11-7-13(15(18)19)10(2)20-11/h3-7,9,17H,8H2,1-2H3,(H,18,19)/t9-/m1/s1. The Kier molecular flexibility index (Phi) is 4.62. The van der Waals surface area contributed by atoms with Crippen molar-refractivity contribution in [2.45, 2.75) is 26.4 Å². The topological polar surface area (TPSA) is 62.5 Å². The number of benzene rings is 1. The first-order chi connectivity index (χ1) is 9.49. The first-order valence-electron chi connectivity index (χ1n) is 6.29. The zero-order chi connectivity index (χ0) is 14.7. The first-order valence-corrected chi connectivity index (χ1v) is 7.08. The third kappa shape index (κ3) is 3.29. The third-order valence-corrected chi connectivity index (χ3v) is 3.88. The van der Waals surface area contributed by atoms with Gasteiger partial charge < -0.3 is 14.8 Å². The minimum absolute atomic E-state index is 0.129. The van der Waals surface area contributed by atoms with Gasteiger partial charge in [-0.15, -0.1) is 0 Å². The Balaban J connectivity index is 2.04. The molecule has 2 aromatic rings. The molecule has 0 unspecified atom stereocenters. The largest absolute Gasteiger partial charge is 0.478 e. The molecule has 2 rings (SSSR count). The molecule has 5 heteroatoms. The summed E-state index contributed by atoms with van der Waals surface area (Å²) >= 11 is 3.52. The molecule has 0 spiro atoms. The number of aromatic carboxylic acids is 1. The van der Waals surface area contributed by atoms with Gasteiger partial charge >= 0.3 is 5.97 Å². The second kappa shape index (κ2) is 6.24. The van der Waals surface area contributed by atoms with Crippen LogP contribution in [0.5, 0.6) is 0 Å². The molecule has 20 heavy (non-hydrogen) atoms. The highest BCUT2D eigenvalue weighted by Gasteiger charge is 2.14. The molecule has 1 aromatic carbocycles. The normalized spacial score (nSPS) is 12.3. The fourth-order valence-electron chi connectivity index (χ4n) is 2.03. The van der Waals surface area contributed by atoms with Gasteiger partial charge in [-0.3, -0.25) is 0 Å². The van der Waals surface area contributed by atoms with Crippen molar-refractivity contribution < 1.29 is 14.3 Å². The summed E-state index contributed by atoms with van der Waals surface area (Å²) in [5, 5.41) is 12.3. The minimum atomic E-state index is -0.962. The molecule has 0 amide bonds. The summed E-state index contributed by atoms with van der Waals surface area (Å²) in [6.45, 7) is 4.19. The van der Waals surface area contributed by atoms with Crippen LogP contribution in [0.1, 0.15) is 40.4 Å². The van der Waals surface area contributed by atoms with E-state index in [1.165, 1.54) is 0 Å². The number of carbonyl (C=O) groups is 1. The lowest BCUT2D eigenvalue weighted by atomic mass is 10.1. The summed E-state index contributed by atoms with van der Waals surface area (Å²) in [7, 11) is 0. The number of hydrogen-bond donors (Lipinski definition) is 2. The molecule has 0 radical (unpaired) electrons. The molecule has 0 aliphatic heterocycles. The van der Waals surface area contributed by atoms with E-state index >= 15 is 0 Å². The Bertz CT molecular complexity index is 621. The molecule has 4 nitrogen and oxygen atoms in total. The lowest BCUT2D eigenvalue weighted by Gasteiger charge is -2.14. The SMILES string of the molecule is Cc1oc(CN[C@H](C)c2ccccc2Br)cc1C(=O)O. The number of aryl methyl sites for hydroxylation is 1. The van der Waals surface area contributed by atoms with Crippen LogP contribution in [-0.2, 0) is 6.54 Å². The Labute approximate surface area is 125 Å². The van der Waals surface area contributed by atoms with Crippen LogP contribution in [0, 0.1) is 6.92 Å². The van der Waals surface area contributed by atoms with Crippen molar-refractivity contribution in [2.24, 2.45) is 0 Å². The van der Waals surface area contributed by atoms with Gasteiger partial charge in [0.1, 0.15) is 17.1 Å². The summed E-state index contributed by atoms with van der Waals surface area (Å²) < 4.78 is 6.48. The first kappa shape index (κ1) is 14.8. The maximum Gasteiger partial charge on any atom is 0.339 e. The number of halogens is 1. The van der Waals surface area contributed by atoms with Crippen LogP contribution in [0.4, 0.5) is 0 Å². The zero-order valence-corrected chi connectivity index (χ0v) is 12.9. The summed E-state index contributed by atoms with van der Waals surface area (Å²) in [6.07, 6.45) is 0. The van der Waals surface area contributed by atoms with E-state index in [2.05, 4.69) is 21.2 Å². The number of rotatable bonds is 5. The highest BCUT2D eigenvalue weighted by Crippen LogP contribution is 2.23. The van der Waals surface area contributed by atoms with Gasteiger partial charge in [-0.1, -0.05) is 34.1 Å². The van der Waals surface area contributed by atoms with E-state index in [4.69, 9.17) is 9.52 Å². The molecular formula is C15H16BrNO3. The fraction of sp³-hybridized carbons (Fsp3) is 0.267. The monoisotopic (exact) mass is 337 g/mol. The molecule has 0 aliphatic rings. The number of carboxylic acid groups (broad SMARTS) is 1. The van der Waals surface area contributed by atoms with E-state index in [-0.39, 0.29) is 11.6 Å². The number of nitrogens with one attached hydrogen (secondary N) is 1. The van der Waals surface area contributed by atoms with Gasteiger partial charge in [-0.05, 0) is 31.5 Å². The molecule has 1 heterocycles. The van der Waals surface area contributed by atoms with Crippen molar-refractivity contribution >= 4 is 21.9 Å². The van der Waals surface area contributed by atoms with Gasteiger partial charge in [0.25, 0.3) is 0 Å². The zero-order valence-electron chi connectivity index (χ0n) is 11.3. The summed E-state index contributed by atoms with van der Waals surface area (Å²) in [5.41, 5.74) is 1.37. The second-order valence-electron chi connectivity index (χ2n) is 4.61. The van der Waals surface area contributed by atoms with E-state index in [9.17, 15) is 4.79 Å². The molecule has 0 aliphatic carbocycles. The Morgan fingerprint density at radius 2 is 2.15 bits per heavy atom. The van der Waals surface area contributed by atoms with E-state index in [1.807, 2.05) is 31.2 Å². The smallest absolute Gasteiger partial charge is 0.339 e. The molecule has 0 saturated heterocycles. The number of furan rings is 1. The van der Waals surface area contributed by atoms with E-state index in [0.717, 1.165) is 10.0 Å². The van der Waals surface area contributed by atoms with Crippen molar-refractivity contribution in [3.05, 3.63) is 57.5 Å². The number of carboxylic acids is 1. The average molecular weight is 338 g/mol. The Morgan fingerprint density at radius 3 is 2.75 bits per heavy atom. The van der Waals surface area contributed by atoms with E-state index in [0.29, 0.717) is 18.1 Å². The van der Waals surface area contributed by atoms with Crippen LogP contribution in [0.3, 0.4) is 0 Å². The molecule has 1 atom stereocenters. The van der Waals surface area contributed by atoms with Crippen molar-refractivity contribution in [1.82, 2.24) is 5.32 Å². The van der Waals surface area contributed by atoms with Crippen molar-refractivity contribution in [2.75, 3.05) is 0 Å². The lowest BCUT2D eigenvalue weighted by Crippen LogP contribution is -2.18. The molecule has 106 valence electrons. The van der Waals surface area contributed by atoms with Crippen molar-refractivity contribution in [3.63, 3.8) is 0 Å². The van der Waals surface area contributed by atoms with Gasteiger partial charge in [0, 0.05) is 10.5 Å². The quantitative estimate of drug-likeness (QED) is 0.868. The van der Waals surface area contributed by atoms with E-state index in [1.54, 1.807) is 13.0 Å². The summed E-state index contributed by atoms with van der Waals surface area (Å²) in [5.74, 6) is 0.0954. The van der Waals surface area contributed by atoms with Crippen LogP contribution < -0.4 is 5.32 Å². The molecule has 0 bridgehead atoms. The van der Waals surface area contributed by atoms with E-state index < -0.39 is 5.97 Å². The van der Waals surface area contributed by atoms with Crippen LogP contribution in [-0.4, -0.2) is 11.1 Å². The van der Waals surface area contributed by atoms with Gasteiger partial charge in [0.15, 0.2) is 0 Å². The van der Waals surface area contributed by atoms with Crippen LogP contribution >= 0.6 is 15.9 Å². The van der Waals surface area contributed by atoms with Gasteiger partial charge in [0.2, 0.25) is 0 Å². The predicted octanol–water partition coefficient (Wildman–Crippen LogP) is 3.90. The van der Waals surface area contributed by atoms with Crippen LogP contribution in [0.25, 0.3) is 0 Å². The Hall–Kier alpha value is -1.59. The van der Waals surface area contributed by atoms with Gasteiger partial charge in [0.05, 0.1) is 6.54 Å². The molecule has 0 fully saturated rings. The number of hydrogen-bond acceptors (Lipinski definition) is 3. The van der Waals surface area contributed by atoms with Crippen LogP contribution in [0.2, 0.25) is 0 Å². The van der Waals surface area contributed by atoms with Crippen molar-refractivity contribution in [3.8, 4) is 0 Å². The fourth-order valence-corrected chi connectivity index (χ4v) is 2.66. The maximum absolute atomic E-state index is 11.0. The van der Waals surface area contributed by atoms with Gasteiger partial charge in [-0.25, -0.2) is 4.79 Å². The van der Waals surface area contributed by atoms with Crippen molar-refractivity contribution in [1.29, 1.82) is 0 Å². The lowest BCUT2D eigenvalue weighted by molar-refractivity contribution is 0.0695. The maximum atomic E-state index is 11.0. The summed E-state index contributed by atoms with van der Waals surface area (Å²) in [6, 6.07) is 9.68. The molecule has 1 aromatic heterocycles. The molecule has 2 N–H and O–H groups in total. The molecular weight excluding hydrogens is 322 g/mol. The molecule has 0 saturated carbocycles. The van der Waals surface area contributed by atoms with Gasteiger partial charge in [-0.2, -0.15) is 0 Å².